The zero-order chi connectivity index (χ0) is 14.0. The fourth-order valence-corrected chi connectivity index (χ4v) is 2.09. The lowest BCUT2D eigenvalue weighted by Gasteiger charge is -2.15. The highest BCUT2D eigenvalue weighted by Crippen LogP contribution is 2.30. The summed E-state index contributed by atoms with van der Waals surface area (Å²) in [5, 5.41) is 0.226. The SMILES string of the molecule is CN(Cc1ccc(N)cc1)c1nc(C(F)(F)F)ns1. The van der Waals surface area contributed by atoms with Gasteiger partial charge in [0.1, 0.15) is 0 Å². The maximum atomic E-state index is 12.4. The predicted octanol–water partition coefficient (Wildman–Crippen LogP) is 2.78. The van der Waals surface area contributed by atoms with E-state index in [0.717, 1.165) is 17.1 Å². The second kappa shape index (κ2) is 5.04. The van der Waals surface area contributed by atoms with Crippen LogP contribution >= 0.6 is 11.5 Å². The van der Waals surface area contributed by atoms with Crippen LogP contribution in [0.5, 0.6) is 0 Å². The minimum Gasteiger partial charge on any atom is -0.399 e. The molecule has 8 heteroatoms. The minimum atomic E-state index is -4.50. The Labute approximate surface area is 111 Å². The molecule has 1 heterocycles. The number of rotatable bonds is 3. The average molecular weight is 288 g/mol. The molecule has 2 N–H and O–H groups in total. The number of halogens is 3. The average Bonchev–Trinajstić information content (AvgIpc) is 2.81. The summed E-state index contributed by atoms with van der Waals surface area (Å²) in [5.41, 5.74) is 7.13. The normalized spacial score (nSPS) is 11.6. The van der Waals surface area contributed by atoms with E-state index in [4.69, 9.17) is 5.73 Å². The largest absolute Gasteiger partial charge is 0.452 e. The first kappa shape index (κ1) is 13.6. The van der Waals surface area contributed by atoms with Crippen molar-refractivity contribution in [3.05, 3.63) is 35.7 Å². The molecule has 0 saturated carbocycles. The maximum Gasteiger partial charge on any atom is 0.452 e. The molecule has 1 aromatic carbocycles. The van der Waals surface area contributed by atoms with Gasteiger partial charge in [-0.2, -0.15) is 22.5 Å². The summed E-state index contributed by atoms with van der Waals surface area (Å²) in [5.74, 6) is -1.10. The number of benzene rings is 1. The van der Waals surface area contributed by atoms with Crippen LogP contribution in [0.25, 0.3) is 0 Å². The first-order chi connectivity index (χ1) is 8.86. The Kier molecular flexibility index (Phi) is 3.61. The number of nitrogens with two attached hydrogens (primary N) is 1. The molecule has 0 radical (unpaired) electrons. The van der Waals surface area contributed by atoms with Crippen molar-refractivity contribution in [3.63, 3.8) is 0 Å². The fraction of sp³-hybridized carbons (Fsp3) is 0.273. The van der Waals surface area contributed by atoms with Gasteiger partial charge in [-0.25, -0.2) is 0 Å². The quantitative estimate of drug-likeness (QED) is 0.882. The van der Waals surface area contributed by atoms with Gasteiger partial charge in [0.2, 0.25) is 11.0 Å². The van der Waals surface area contributed by atoms with Gasteiger partial charge in [-0.05, 0) is 17.7 Å². The Hall–Kier alpha value is -1.83. The first-order valence-corrected chi connectivity index (χ1v) is 6.10. The first-order valence-electron chi connectivity index (χ1n) is 5.33. The Morgan fingerprint density at radius 1 is 1.26 bits per heavy atom. The number of hydrogen-bond donors (Lipinski definition) is 1. The molecular formula is C11H11F3N4S. The van der Waals surface area contributed by atoms with Crippen LogP contribution in [0.2, 0.25) is 0 Å². The van der Waals surface area contributed by atoms with E-state index in [2.05, 4.69) is 9.36 Å². The third-order valence-electron chi connectivity index (χ3n) is 2.39. The topological polar surface area (TPSA) is 55.0 Å². The summed E-state index contributed by atoms with van der Waals surface area (Å²) in [6.07, 6.45) is -4.50. The van der Waals surface area contributed by atoms with Crippen LogP contribution < -0.4 is 10.6 Å². The molecule has 0 fully saturated rings. The van der Waals surface area contributed by atoms with Crippen LogP contribution in [0.1, 0.15) is 11.4 Å². The molecule has 102 valence electrons. The molecule has 1 aromatic heterocycles. The van der Waals surface area contributed by atoms with Crippen LogP contribution in [0.4, 0.5) is 24.0 Å². The predicted molar refractivity (Wildman–Crippen MR) is 67.9 cm³/mol. The standard InChI is InChI=1S/C11H11F3N4S/c1-18(6-7-2-4-8(15)5-3-7)10-16-9(17-19-10)11(12,13)14/h2-5H,6,15H2,1H3. The van der Waals surface area contributed by atoms with E-state index in [1.54, 1.807) is 24.1 Å². The van der Waals surface area contributed by atoms with Crippen LogP contribution in [-0.4, -0.2) is 16.4 Å². The van der Waals surface area contributed by atoms with E-state index in [9.17, 15) is 13.2 Å². The molecule has 2 aromatic rings. The van der Waals surface area contributed by atoms with Gasteiger partial charge in [0.15, 0.2) is 0 Å². The van der Waals surface area contributed by atoms with Gasteiger partial charge in [0.05, 0.1) is 0 Å². The van der Waals surface area contributed by atoms with Gasteiger partial charge in [-0.1, -0.05) is 12.1 Å². The third kappa shape index (κ3) is 3.34. The molecule has 19 heavy (non-hydrogen) atoms. The highest BCUT2D eigenvalue weighted by molar-refractivity contribution is 7.09. The van der Waals surface area contributed by atoms with Crippen molar-refractivity contribution in [3.8, 4) is 0 Å². The summed E-state index contributed by atoms with van der Waals surface area (Å²) in [7, 11) is 1.66. The van der Waals surface area contributed by atoms with Crippen molar-refractivity contribution in [2.24, 2.45) is 0 Å². The van der Waals surface area contributed by atoms with Crippen molar-refractivity contribution in [2.45, 2.75) is 12.7 Å². The lowest BCUT2D eigenvalue weighted by Crippen LogP contribution is -2.16. The molecule has 0 bridgehead atoms. The number of alkyl halides is 3. The van der Waals surface area contributed by atoms with E-state index in [-0.39, 0.29) is 5.13 Å². The molecule has 4 nitrogen and oxygen atoms in total. The molecule has 0 aliphatic rings. The summed E-state index contributed by atoms with van der Waals surface area (Å²) in [6, 6.07) is 7.11. The van der Waals surface area contributed by atoms with Crippen LogP contribution in [0.3, 0.4) is 0 Å². The molecule has 2 rings (SSSR count). The highest BCUT2D eigenvalue weighted by atomic mass is 32.1. The number of aromatic nitrogens is 2. The van der Waals surface area contributed by atoms with Gasteiger partial charge in [0, 0.05) is 30.8 Å². The molecule has 0 spiro atoms. The lowest BCUT2D eigenvalue weighted by atomic mass is 10.2. The monoisotopic (exact) mass is 288 g/mol. The van der Waals surface area contributed by atoms with Gasteiger partial charge in [0.25, 0.3) is 0 Å². The summed E-state index contributed by atoms with van der Waals surface area (Å²) >= 11 is 0.727. The van der Waals surface area contributed by atoms with Gasteiger partial charge in [-0.3, -0.25) is 0 Å². The molecule has 0 aliphatic carbocycles. The summed E-state index contributed by atoms with van der Waals surface area (Å²) in [6.45, 7) is 0.437. The molecule has 0 atom stereocenters. The number of anilines is 2. The second-order valence-electron chi connectivity index (χ2n) is 4.00. The van der Waals surface area contributed by atoms with Gasteiger partial charge in [-0.15, -0.1) is 0 Å². The number of nitrogens with zero attached hydrogens (tertiary/aromatic N) is 3. The Morgan fingerprint density at radius 3 is 2.42 bits per heavy atom. The van der Waals surface area contributed by atoms with Crippen molar-refractivity contribution >= 4 is 22.4 Å². The number of hydrogen-bond acceptors (Lipinski definition) is 5. The Balaban J connectivity index is 2.09. The van der Waals surface area contributed by atoms with Crippen LogP contribution in [0, 0.1) is 0 Å². The summed E-state index contributed by atoms with van der Waals surface area (Å²) in [4.78, 5) is 5.09. The molecule has 0 unspecified atom stereocenters. The van der Waals surface area contributed by atoms with Gasteiger partial charge < -0.3 is 10.6 Å². The second-order valence-corrected chi connectivity index (χ2v) is 4.73. The van der Waals surface area contributed by atoms with Crippen molar-refractivity contribution in [1.82, 2.24) is 9.36 Å². The maximum absolute atomic E-state index is 12.4. The molecule has 0 saturated heterocycles. The summed E-state index contributed by atoms with van der Waals surface area (Å²) < 4.78 is 40.5. The zero-order valence-corrected chi connectivity index (χ0v) is 10.8. The van der Waals surface area contributed by atoms with Crippen molar-refractivity contribution < 1.29 is 13.2 Å². The van der Waals surface area contributed by atoms with E-state index in [0.29, 0.717) is 12.2 Å². The third-order valence-corrected chi connectivity index (χ3v) is 3.23. The zero-order valence-electron chi connectivity index (χ0n) is 9.98. The van der Waals surface area contributed by atoms with E-state index < -0.39 is 12.0 Å². The van der Waals surface area contributed by atoms with E-state index in [1.807, 2.05) is 12.1 Å². The number of nitrogen functional groups attached to an aromatic ring is 1. The van der Waals surface area contributed by atoms with Crippen LogP contribution in [-0.2, 0) is 12.7 Å². The molecule has 0 amide bonds. The highest BCUT2D eigenvalue weighted by Gasteiger charge is 2.36. The lowest BCUT2D eigenvalue weighted by molar-refractivity contribution is -0.144. The minimum absolute atomic E-state index is 0.226. The van der Waals surface area contributed by atoms with Crippen molar-refractivity contribution in [1.29, 1.82) is 0 Å². The Bertz CT molecular complexity index is 550. The Morgan fingerprint density at radius 2 is 1.89 bits per heavy atom. The van der Waals surface area contributed by atoms with E-state index >= 15 is 0 Å². The molecule has 0 aliphatic heterocycles. The molecular weight excluding hydrogens is 277 g/mol. The van der Waals surface area contributed by atoms with Gasteiger partial charge >= 0.3 is 6.18 Å². The smallest absolute Gasteiger partial charge is 0.399 e. The van der Waals surface area contributed by atoms with E-state index in [1.165, 1.54) is 0 Å². The fourth-order valence-electron chi connectivity index (χ4n) is 1.45. The van der Waals surface area contributed by atoms with Crippen LogP contribution in [0.15, 0.2) is 24.3 Å². The van der Waals surface area contributed by atoms with Crippen molar-refractivity contribution in [2.75, 3.05) is 17.7 Å².